The van der Waals surface area contributed by atoms with E-state index in [0.717, 1.165) is 17.1 Å². The predicted molar refractivity (Wildman–Crippen MR) is 116 cm³/mol. The van der Waals surface area contributed by atoms with E-state index in [1.807, 2.05) is 20.8 Å². The van der Waals surface area contributed by atoms with E-state index in [9.17, 15) is 13.2 Å². The van der Waals surface area contributed by atoms with Crippen molar-refractivity contribution in [2.45, 2.75) is 44.6 Å². The maximum absolute atomic E-state index is 13.4. The van der Waals surface area contributed by atoms with Gasteiger partial charge in [-0.25, -0.2) is 8.42 Å². The number of sulfonamides is 1. The van der Waals surface area contributed by atoms with E-state index in [0.29, 0.717) is 23.1 Å². The maximum Gasteiger partial charge on any atom is 0.264 e. The van der Waals surface area contributed by atoms with Gasteiger partial charge in [-0.15, -0.1) is 0 Å². The lowest BCUT2D eigenvalue weighted by molar-refractivity contribution is -0.120. The van der Waals surface area contributed by atoms with Crippen molar-refractivity contribution in [1.29, 1.82) is 0 Å². The summed E-state index contributed by atoms with van der Waals surface area (Å²) in [5.41, 5.74) is 0.308. The Kier molecular flexibility index (Phi) is 8.34. The second-order valence-corrected chi connectivity index (χ2v) is 8.92. The molecular weight excluding hydrogens is 412 g/mol. The SMILES string of the molecule is CCC[C@H](C)NC(=O)CN(c1ccccc1OCC)S(=O)(=O)c1ccc(Cl)cc1. The third-order valence-electron chi connectivity index (χ3n) is 4.25. The first kappa shape index (κ1) is 23.0. The molecule has 0 spiro atoms. The number of amides is 1. The van der Waals surface area contributed by atoms with E-state index in [1.54, 1.807) is 24.3 Å². The van der Waals surface area contributed by atoms with Gasteiger partial charge in [0.2, 0.25) is 5.91 Å². The third kappa shape index (κ3) is 6.11. The minimum Gasteiger partial charge on any atom is -0.492 e. The van der Waals surface area contributed by atoms with Gasteiger partial charge in [-0.05, 0) is 56.7 Å². The summed E-state index contributed by atoms with van der Waals surface area (Å²) in [4.78, 5) is 12.7. The molecular formula is C21H27ClN2O4S. The number of carbonyl (C=O) groups is 1. The maximum atomic E-state index is 13.4. The molecule has 0 radical (unpaired) electrons. The summed E-state index contributed by atoms with van der Waals surface area (Å²) in [5, 5.41) is 3.29. The summed E-state index contributed by atoms with van der Waals surface area (Å²) in [7, 11) is -4.02. The number of anilines is 1. The van der Waals surface area contributed by atoms with E-state index < -0.39 is 10.0 Å². The molecule has 8 heteroatoms. The van der Waals surface area contributed by atoms with E-state index in [1.165, 1.54) is 24.3 Å². The zero-order valence-corrected chi connectivity index (χ0v) is 18.5. The number of carbonyl (C=O) groups excluding carboxylic acids is 1. The Balaban J connectivity index is 2.46. The highest BCUT2D eigenvalue weighted by Crippen LogP contribution is 2.32. The molecule has 0 aliphatic rings. The molecule has 6 nitrogen and oxygen atoms in total. The molecule has 0 aliphatic heterocycles. The van der Waals surface area contributed by atoms with Gasteiger partial charge in [0.1, 0.15) is 12.3 Å². The number of rotatable bonds is 10. The average Bonchev–Trinajstić information content (AvgIpc) is 2.67. The molecule has 0 bridgehead atoms. The molecule has 0 fully saturated rings. The van der Waals surface area contributed by atoms with Crippen molar-refractivity contribution in [1.82, 2.24) is 5.32 Å². The van der Waals surface area contributed by atoms with Crippen LogP contribution in [0, 0.1) is 0 Å². The molecule has 1 amide bonds. The summed E-state index contributed by atoms with van der Waals surface area (Å²) in [6.07, 6.45) is 1.73. The van der Waals surface area contributed by atoms with Crippen LogP contribution in [0.5, 0.6) is 5.75 Å². The lowest BCUT2D eigenvalue weighted by atomic mass is 10.2. The molecule has 29 heavy (non-hydrogen) atoms. The summed E-state index contributed by atoms with van der Waals surface area (Å²) in [5.74, 6) is 0.0109. The smallest absolute Gasteiger partial charge is 0.264 e. The van der Waals surface area contributed by atoms with Crippen LogP contribution in [0.3, 0.4) is 0 Å². The third-order valence-corrected chi connectivity index (χ3v) is 6.28. The van der Waals surface area contributed by atoms with Crippen molar-refractivity contribution >= 4 is 33.2 Å². The Labute approximate surface area is 177 Å². The Morgan fingerprint density at radius 3 is 2.41 bits per heavy atom. The number of hydrogen-bond acceptors (Lipinski definition) is 4. The normalized spacial score (nSPS) is 12.3. The molecule has 0 saturated carbocycles. The van der Waals surface area contributed by atoms with E-state index in [4.69, 9.17) is 16.3 Å². The molecule has 0 aromatic heterocycles. The van der Waals surface area contributed by atoms with Gasteiger partial charge >= 0.3 is 0 Å². The van der Waals surface area contributed by atoms with Gasteiger partial charge in [-0.2, -0.15) is 0 Å². The van der Waals surface area contributed by atoms with Crippen molar-refractivity contribution in [2.24, 2.45) is 0 Å². The number of hydrogen-bond donors (Lipinski definition) is 1. The highest BCUT2D eigenvalue weighted by Gasteiger charge is 2.29. The van der Waals surface area contributed by atoms with Gasteiger partial charge < -0.3 is 10.1 Å². The predicted octanol–water partition coefficient (Wildman–Crippen LogP) is 4.24. The van der Waals surface area contributed by atoms with Crippen LogP contribution < -0.4 is 14.4 Å². The first-order chi connectivity index (χ1) is 13.8. The van der Waals surface area contributed by atoms with Crippen molar-refractivity contribution in [3.05, 3.63) is 53.6 Å². The van der Waals surface area contributed by atoms with Crippen molar-refractivity contribution in [3.8, 4) is 5.75 Å². The van der Waals surface area contributed by atoms with Crippen molar-refractivity contribution < 1.29 is 17.9 Å². The van der Waals surface area contributed by atoms with Crippen LogP contribution in [-0.4, -0.2) is 33.5 Å². The molecule has 158 valence electrons. The number of nitrogens with one attached hydrogen (secondary N) is 1. The number of ether oxygens (including phenoxy) is 1. The van der Waals surface area contributed by atoms with Crippen molar-refractivity contribution in [3.63, 3.8) is 0 Å². The van der Waals surface area contributed by atoms with Crippen LogP contribution in [0.2, 0.25) is 5.02 Å². The fraction of sp³-hybridized carbons (Fsp3) is 0.381. The summed E-state index contributed by atoms with van der Waals surface area (Å²) in [6, 6.07) is 12.6. The number of para-hydroxylation sites is 2. The molecule has 0 heterocycles. The number of halogens is 1. The molecule has 1 N–H and O–H groups in total. The monoisotopic (exact) mass is 438 g/mol. The summed E-state index contributed by atoms with van der Waals surface area (Å²) < 4.78 is 33.5. The topological polar surface area (TPSA) is 75.7 Å². The van der Waals surface area contributed by atoms with Gasteiger partial charge in [0, 0.05) is 11.1 Å². The highest BCUT2D eigenvalue weighted by molar-refractivity contribution is 7.92. The van der Waals surface area contributed by atoms with Gasteiger partial charge in [-0.1, -0.05) is 37.1 Å². The summed E-state index contributed by atoms with van der Waals surface area (Å²) in [6.45, 7) is 5.74. The molecule has 1 atom stereocenters. The zero-order chi connectivity index (χ0) is 21.4. The fourth-order valence-electron chi connectivity index (χ4n) is 2.93. The highest BCUT2D eigenvalue weighted by atomic mass is 35.5. The van der Waals surface area contributed by atoms with Crippen LogP contribution in [0.1, 0.15) is 33.6 Å². The van der Waals surface area contributed by atoms with Gasteiger partial charge in [0.15, 0.2) is 0 Å². The average molecular weight is 439 g/mol. The van der Waals surface area contributed by atoms with Gasteiger partial charge in [0.05, 0.1) is 17.2 Å². The summed E-state index contributed by atoms with van der Waals surface area (Å²) >= 11 is 5.90. The van der Waals surface area contributed by atoms with Crippen LogP contribution in [0.4, 0.5) is 5.69 Å². The van der Waals surface area contributed by atoms with Crippen LogP contribution >= 0.6 is 11.6 Å². The van der Waals surface area contributed by atoms with Gasteiger partial charge in [-0.3, -0.25) is 9.10 Å². The quantitative estimate of drug-likeness (QED) is 0.602. The second kappa shape index (κ2) is 10.5. The lowest BCUT2D eigenvalue weighted by Crippen LogP contribution is -2.43. The number of benzene rings is 2. The first-order valence-corrected chi connectivity index (χ1v) is 11.4. The van der Waals surface area contributed by atoms with Crippen LogP contribution in [-0.2, 0) is 14.8 Å². The molecule has 2 aromatic carbocycles. The largest absolute Gasteiger partial charge is 0.492 e. The molecule has 0 aliphatic carbocycles. The van der Waals surface area contributed by atoms with E-state index >= 15 is 0 Å². The second-order valence-electron chi connectivity index (χ2n) is 6.62. The van der Waals surface area contributed by atoms with Gasteiger partial charge in [0.25, 0.3) is 10.0 Å². The lowest BCUT2D eigenvalue weighted by Gasteiger charge is -2.26. The first-order valence-electron chi connectivity index (χ1n) is 9.59. The van der Waals surface area contributed by atoms with E-state index in [-0.39, 0.29) is 23.4 Å². The van der Waals surface area contributed by atoms with Crippen LogP contribution in [0.15, 0.2) is 53.4 Å². The minimum absolute atomic E-state index is 0.0441. The van der Waals surface area contributed by atoms with Crippen molar-refractivity contribution in [2.75, 3.05) is 17.5 Å². The Morgan fingerprint density at radius 1 is 1.14 bits per heavy atom. The zero-order valence-electron chi connectivity index (χ0n) is 16.9. The molecule has 0 saturated heterocycles. The molecule has 0 unspecified atom stereocenters. The Bertz CT molecular complexity index is 917. The fourth-order valence-corrected chi connectivity index (χ4v) is 4.49. The minimum atomic E-state index is -4.02. The number of nitrogens with zero attached hydrogens (tertiary/aromatic N) is 1. The van der Waals surface area contributed by atoms with E-state index in [2.05, 4.69) is 5.32 Å². The molecule has 2 rings (SSSR count). The standard InChI is InChI=1S/C21H27ClN2O4S/c1-4-8-16(3)23-21(25)15-24(19-9-6-7-10-20(19)28-5-2)29(26,27)18-13-11-17(22)12-14-18/h6-7,9-14,16H,4-5,8,15H2,1-3H3,(H,23,25)/t16-/m0/s1. The Hall–Kier alpha value is -2.25. The molecule has 2 aromatic rings. The van der Waals surface area contributed by atoms with Crippen LogP contribution in [0.25, 0.3) is 0 Å². The Morgan fingerprint density at radius 2 is 1.79 bits per heavy atom.